The van der Waals surface area contributed by atoms with Gasteiger partial charge in [-0.2, -0.15) is 0 Å². The second-order valence-corrected chi connectivity index (χ2v) is 8.82. The smallest absolute Gasteiger partial charge is 0.223 e. The summed E-state index contributed by atoms with van der Waals surface area (Å²) in [7, 11) is -2.31. The monoisotopic (exact) mass is 474 g/mol. The molecule has 1 unspecified atom stereocenters. The number of hydrogen-bond donors (Lipinski definition) is 0. The van der Waals surface area contributed by atoms with E-state index in [0.29, 0.717) is 17.2 Å². The highest BCUT2D eigenvalue weighted by atomic mass is 127. The van der Waals surface area contributed by atoms with Crippen LogP contribution in [0.4, 0.5) is 0 Å². The minimum absolute atomic E-state index is 0.0850. The van der Waals surface area contributed by atoms with Crippen molar-refractivity contribution < 1.29 is 13.7 Å². The molecular weight excluding hydrogens is 468 g/mol. The Hall–Kier alpha value is 1.45. The fourth-order valence-corrected chi connectivity index (χ4v) is 8.33. The molecule has 3 nitrogen and oxygen atoms in total. The summed E-state index contributed by atoms with van der Waals surface area (Å²) in [4.78, 5) is 0. The summed E-state index contributed by atoms with van der Waals surface area (Å²) in [5, 5.41) is 1.25. The molecule has 1 aromatic rings. The molecule has 1 heterocycles. The van der Waals surface area contributed by atoms with Gasteiger partial charge >= 0.3 is 0 Å². The molecule has 1 aromatic heterocycles. The van der Waals surface area contributed by atoms with Gasteiger partial charge in [-0.3, -0.25) is 9.13 Å². The van der Waals surface area contributed by atoms with Crippen LogP contribution in [0.15, 0.2) is 0 Å². The van der Waals surface area contributed by atoms with Gasteiger partial charge in [0, 0.05) is 0 Å². The third-order valence-electron chi connectivity index (χ3n) is 1.37. The predicted octanol–water partition coefficient (Wildman–Crippen LogP) is 3.01. The van der Waals surface area contributed by atoms with Gasteiger partial charge in [-0.25, -0.2) is 0 Å². The number of halogens is 2. The van der Waals surface area contributed by atoms with Crippen LogP contribution in [0.1, 0.15) is 6.92 Å². The van der Waals surface area contributed by atoms with Crippen molar-refractivity contribution in [2.45, 2.75) is 6.92 Å². The van der Waals surface area contributed by atoms with Gasteiger partial charge in [0.2, 0.25) is 8.03 Å². The van der Waals surface area contributed by atoms with Crippen LogP contribution in [0.3, 0.4) is 0 Å². The lowest BCUT2D eigenvalue weighted by Crippen LogP contribution is -2.15. The zero-order chi connectivity index (χ0) is 10.7. The molecule has 0 aliphatic heterocycles. The summed E-state index contributed by atoms with van der Waals surface area (Å²) >= 11 is 5.68. The van der Waals surface area contributed by atoms with Gasteiger partial charge in [0.05, 0.1) is 23.0 Å². The van der Waals surface area contributed by atoms with E-state index in [2.05, 4.69) is 45.2 Å². The Bertz CT molecular complexity index is 379. The Morgan fingerprint density at radius 3 is 2.64 bits per heavy atom. The average Bonchev–Trinajstić information content (AvgIpc) is 2.40. The predicted molar refractivity (Wildman–Crippen MR) is 77.3 cm³/mol. The van der Waals surface area contributed by atoms with E-state index < -0.39 is 8.03 Å². The van der Waals surface area contributed by atoms with Crippen molar-refractivity contribution in [3.63, 3.8) is 0 Å². The minimum atomic E-state index is -2.23. The van der Waals surface area contributed by atoms with E-state index in [1.807, 2.05) is 0 Å². The molecule has 0 bridgehead atoms. The third kappa shape index (κ3) is 2.98. The molecule has 0 radical (unpaired) electrons. The second kappa shape index (κ2) is 6.25. The van der Waals surface area contributed by atoms with Crippen LogP contribution in [-0.2, 0) is 13.7 Å². The first kappa shape index (κ1) is 13.5. The Kier molecular flexibility index (Phi) is 6.03. The zero-order valence-electron chi connectivity index (χ0n) is 7.04. The molecule has 0 aliphatic rings. The lowest BCUT2D eigenvalue weighted by Gasteiger charge is -2.00. The maximum Gasteiger partial charge on any atom is 0.223 e. The molecular formula is C6H6I2O3P2S. The fourth-order valence-electron chi connectivity index (χ4n) is 0.831. The second-order valence-electron chi connectivity index (χ2n) is 2.18. The van der Waals surface area contributed by atoms with Gasteiger partial charge in [-0.1, -0.05) is 0 Å². The lowest BCUT2D eigenvalue weighted by atomic mass is 10.7. The fraction of sp³-hybridized carbons (Fsp3) is 0.333. The number of rotatable bonds is 4. The molecule has 1 atom stereocenters. The van der Waals surface area contributed by atoms with Crippen molar-refractivity contribution in [2.24, 2.45) is 0 Å². The van der Waals surface area contributed by atoms with Crippen molar-refractivity contribution in [3.8, 4) is 0 Å². The van der Waals surface area contributed by atoms with Gasteiger partial charge in [-0.15, -0.1) is 11.3 Å². The molecule has 0 saturated carbocycles. The first-order valence-corrected chi connectivity index (χ1v) is 8.70. The molecule has 14 heavy (non-hydrogen) atoms. The third-order valence-corrected chi connectivity index (χ3v) is 8.10. The van der Waals surface area contributed by atoms with Gasteiger partial charge in [0.15, 0.2) is 8.46 Å². The van der Waals surface area contributed by atoms with E-state index in [0.717, 1.165) is 5.77 Å². The Morgan fingerprint density at radius 2 is 2.14 bits per heavy atom. The molecule has 0 spiro atoms. The van der Waals surface area contributed by atoms with Crippen molar-refractivity contribution in [2.75, 3.05) is 6.61 Å². The van der Waals surface area contributed by atoms with Crippen LogP contribution in [0, 0.1) is 5.77 Å². The van der Waals surface area contributed by atoms with Gasteiger partial charge < -0.3 is 4.52 Å². The van der Waals surface area contributed by atoms with Crippen LogP contribution < -0.4 is 10.6 Å². The van der Waals surface area contributed by atoms with Crippen LogP contribution in [0.2, 0.25) is 0 Å². The largest absolute Gasteiger partial charge is 0.328 e. The van der Waals surface area contributed by atoms with Crippen molar-refractivity contribution in [1.29, 1.82) is 0 Å². The molecule has 0 saturated heterocycles. The first-order valence-electron chi connectivity index (χ1n) is 3.60. The molecule has 0 aliphatic carbocycles. The van der Waals surface area contributed by atoms with Gasteiger partial charge in [0.1, 0.15) is 0 Å². The summed E-state index contributed by atoms with van der Waals surface area (Å²) in [6.07, 6.45) is 0. The Labute approximate surface area is 115 Å². The standard InChI is InChI=1S/C6H6I2O3P2S/c1-2-11-13(10)4-3(12-9)5(7)14-6(4)8/h13H,2H2,1H3. The van der Waals surface area contributed by atoms with Crippen molar-refractivity contribution in [3.05, 3.63) is 5.77 Å². The highest BCUT2D eigenvalue weighted by molar-refractivity contribution is 14.1. The summed E-state index contributed by atoms with van der Waals surface area (Å²) in [5.74, 6) is 0. The topological polar surface area (TPSA) is 43.4 Å². The molecule has 1 rings (SSSR count). The van der Waals surface area contributed by atoms with Crippen molar-refractivity contribution in [1.82, 2.24) is 0 Å². The highest BCUT2D eigenvalue weighted by Gasteiger charge is 2.20. The van der Waals surface area contributed by atoms with E-state index in [-0.39, 0.29) is 8.46 Å². The summed E-state index contributed by atoms with van der Waals surface area (Å²) < 4.78 is 29.4. The summed E-state index contributed by atoms with van der Waals surface area (Å²) in [6, 6.07) is 0. The first-order chi connectivity index (χ1) is 6.61. The maximum atomic E-state index is 11.7. The van der Waals surface area contributed by atoms with E-state index in [1.54, 1.807) is 6.92 Å². The minimum Gasteiger partial charge on any atom is -0.328 e. The quantitative estimate of drug-likeness (QED) is 0.499. The summed E-state index contributed by atoms with van der Waals surface area (Å²) in [5.41, 5.74) is 0. The maximum absolute atomic E-state index is 11.7. The van der Waals surface area contributed by atoms with Crippen LogP contribution >= 0.6 is 73.0 Å². The molecule has 0 amide bonds. The molecule has 8 heteroatoms. The van der Waals surface area contributed by atoms with E-state index in [9.17, 15) is 9.13 Å². The van der Waals surface area contributed by atoms with Gasteiger partial charge in [-0.05, 0) is 52.1 Å². The van der Waals surface area contributed by atoms with E-state index in [1.165, 1.54) is 11.3 Å². The van der Waals surface area contributed by atoms with Crippen LogP contribution in [0.5, 0.6) is 0 Å². The number of thiophene rings is 1. The van der Waals surface area contributed by atoms with E-state index in [4.69, 9.17) is 4.52 Å². The molecule has 0 fully saturated rings. The molecule has 0 aromatic carbocycles. The average molecular weight is 474 g/mol. The SMILES string of the molecule is CCO[PH](=O)c1c(I)sc(I)c1P=O. The Balaban J connectivity index is 3.18. The zero-order valence-corrected chi connectivity index (χ0v) is 14.1. The van der Waals surface area contributed by atoms with Crippen LogP contribution in [-0.4, -0.2) is 6.61 Å². The van der Waals surface area contributed by atoms with E-state index >= 15 is 0 Å². The van der Waals surface area contributed by atoms with Crippen molar-refractivity contribution >= 4 is 83.6 Å². The molecule has 78 valence electrons. The highest BCUT2D eigenvalue weighted by Crippen LogP contribution is 2.30. The summed E-state index contributed by atoms with van der Waals surface area (Å²) in [6.45, 7) is 2.21. The number of hydrogen-bond acceptors (Lipinski definition) is 4. The molecule has 0 N–H and O–H groups in total. The van der Waals surface area contributed by atoms with Crippen LogP contribution in [0.25, 0.3) is 0 Å². The normalized spacial score (nSPS) is 13.4. The van der Waals surface area contributed by atoms with Gasteiger partial charge in [0.25, 0.3) is 0 Å². The Morgan fingerprint density at radius 1 is 1.50 bits per heavy atom. The lowest BCUT2D eigenvalue weighted by molar-refractivity contribution is 0.357.